The number of benzene rings is 1. The average molecular weight is 539 g/mol. The van der Waals surface area contributed by atoms with Crippen LogP contribution in [0.3, 0.4) is 0 Å². The fourth-order valence-electron chi connectivity index (χ4n) is 5.16. The predicted molar refractivity (Wildman–Crippen MR) is 162 cm³/mol. The Morgan fingerprint density at radius 1 is 0.971 bits per heavy atom. The Hall–Kier alpha value is -0.672. The molecule has 0 N–H and O–H groups in total. The van der Waals surface area contributed by atoms with E-state index in [1.165, 1.54) is 47.6 Å². The zero-order chi connectivity index (χ0) is 22.9. The first-order chi connectivity index (χ1) is 14.5. The van der Waals surface area contributed by atoms with Crippen LogP contribution in [0.25, 0.3) is 0 Å². The summed E-state index contributed by atoms with van der Waals surface area (Å²) in [5, 5.41) is 3.14. The minimum absolute atomic E-state index is 0. The van der Waals surface area contributed by atoms with E-state index in [0.717, 1.165) is 15.9 Å². The molecule has 0 amide bonds. The largest absolute Gasteiger partial charge is 4.00 e. The van der Waals surface area contributed by atoms with Gasteiger partial charge in [-0.3, -0.25) is 6.08 Å². The Bertz CT molecular complexity index is 945. The van der Waals surface area contributed by atoms with Crippen molar-refractivity contribution in [2.24, 2.45) is 5.41 Å². The van der Waals surface area contributed by atoms with Crippen LogP contribution in [0.5, 0.6) is 0 Å². The summed E-state index contributed by atoms with van der Waals surface area (Å²) in [5.41, 5.74) is 6.05. The van der Waals surface area contributed by atoms with Crippen molar-refractivity contribution >= 4 is 28.0 Å². The fraction of sp³-hybridized carbons (Fsp3) is 0.469. The third-order valence-corrected chi connectivity index (χ3v) is 11.0. The monoisotopic (exact) mass is 538 g/mol. The van der Waals surface area contributed by atoms with Crippen molar-refractivity contribution in [1.82, 2.24) is 0 Å². The first kappa shape index (κ1) is 36.5. The van der Waals surface area contributed by atoms with E-state index in [-0.39, 0.29) is 54.5 Å². The van der Waals surface area contributed by atoms with E-state index in [4.69, 9.17) is 0 Å². The number of allylic oxidation sites excluding steroid dienone is 8. The van der Waals surface area contributed by atoms with Gasteiger partial charge in [0.05, 0.1) is 17.6 Å². The van der Waals surface area contributed by atoms with Gasteiger partial charge in [-0.1, -0.05) is 123 Å². The van der Waals surface area contributed by atoms with E-state index >= 15 is 0 Å². The standard InChI is InChI=1S/C29H41Si2.3CH3.Ti/c1-9-10-14-28(15-12-11-13-16-28)21-29(20-23(3)24(4)25(29)5)30-26-17-22(2)18-27(19-26)31(6,7)8;;;;/h11-13,15,17-19H,9-10,14,16,21H2,1-8H3;3*1H3;/q4*-1;+4. The van der Waals surface area contributed by atoms with Gasteiger partial charge in [0, 0.05) is 0 Å². The summed E-state index contributed by atoms with van der Waals surface area (Å²) in [6, 6.07) is 7.40. The second-order valence-electron chi connectivity index (χ2n) is 11.0. The third-order valence-electron chi connectivity index (χ3n) is 7.33. The van der Waals surface area contributed by atoms with Crippen LogP contribution in [0.2, 0.25) is 24.7 Å². The number of rotatable bonds is 8. The smallest absolute Gasteiger partial charge is 0.358 e. The molecule has 0 nitrogen and oxygen atoms in total. The van der Waals surface area contributed by atoms with Gasteiger partial charge in [0.2, 0.25) is 0 Å². The molecule has 2 aliphatic rings. The van der Waals surface area contributed by atoms with E-state index in [0.29, 0.717) is 0 Å². The molecule has 0 fully saturated rings. The minimum Gasteiger partial charge on any atom is -0.358 e. The molecule has 3 heteroatoms. The van der Waals surface area contributed by atoms with Crippen LogP contribution in [-0.4, -0.2) is 17.6 Å². The van der Waals surface area contributed by atoms with Gasteiger partial charge in [-0.05, 0) is 25.2 Å². The SMILES string of the molecule is CCCCC1(CC2([Si]c3cc(C)cc([Si](C)(C)C)c3)[C-]=C(C)C(C)=C2C)C=CC=CC1.[CH3-].[CH3-].[CH3-].[Ti+4]. The molecule has 0 spiro atoms. The van der Waals surface area contributed by atoms with Crippen LogP contribution in [-0.2, 0) is 21.7 Å². The van der Waals surface area contributed by atoms with Crippen LogP contribution >= 0.6 is 0 Å². The topological polar surface area (TPSA) is 0 Å². The summed E-state index contributed by atoms with van der Waals surface area (Å²) < 4.78 is 0. The molecule has 2 atom stereocenters. The molecule has 0 saturated carbocycles. The van der Waals surface area contributed by atoms with Gasteiger partial charge in [0.15, 0.2) is 0 Å². The van der Waals surface area contributed by atoms with Crippen LogP contribution in [0.1, 0.15) is 65.4 Å². The van der Waals surface area contributed by atoms with Gasteiger partial charge < -0.3 is 22.3 Å². The van der Waals surface area contributed by atoms with Crippen molar-refractivity contribution in [2.45, 2.75) is 91.4 Å². The maximum absolute atomic E-state index is 4.05. The van der Waals surface area contributed by atoms with Crippen molar-refractivity contribution < 1.29 is 21.7 Å². The van der Waals surface area contributed by atoms with Gasteiger partial charge in [-0.2, -0.15) is 11.1 Å². The van der Waals surface area contributed by atoms with Crippen LogP contribution in [0.4, 0.5) is 0 Å². The normalized spacial score (nSPS) is 23.0. The Morgan fingerprint density at radius 3 is 2.11 bits per heavy atom. The summed E-state index contributed by atoms with van der Waals surface area (Å²) in [6.45, 7) is 18.9. The Morgan fingerprint density at radius 2 is 1.63 bits per heavy atom. The summed E-state index contributed by atoms with van der Waals surface area (Å²) in [7, 11) is -0.611. The third kappa shape index (κ3) is 8.42. The maximum Gasteiger partial charge on any atom is 4.00 e. The molecule has 2 aliphatic carbocycles. The number of hydrogen-bond donors (Lipinski definition) is 0. The number of aryl methyl sites for hydroxylation is 1. The molecule has 1 aromatic rings. The van der Waals surface area contributed by atoms with Gasteiger partial charge >= 0.3 is 21.7 Å². The number of hydrogen-bond acceptors (Lipinski definition) is 0. The first-order valence-electron chi connectivity index (χ1n) is 12.1. The first-order valence-corrected chi connectivity index (χ1v) is 16.6. The molecule has 3 rings (SSSR count). The van der Waals surface area contributed by atoms with Crippen molar-refractivity contribution in [3.8, 4) is 0 Å². The van der Waals surface area contributed by atoms with Crippen LogP contribution < -0.4 is 10.4 Å². The van der Waals surface area contributed by atoms with E-state index in [2.05, 4.69) is 103 Å². The van der Waals surface area contributed by atoms with Crippen molar-refractivity contribution in [3.63, 3.8) is 0 Å². The fourth-order valence-corrected chi connectivity index (χ4v) is 8.64. The molecule has 190 valence electrons. The van der Waals surface area contributed by atoms with E-state index in [1.807, 2.05) is 0 Å². The average Bonchev–Trinajstić information content (AvgIpc) is 2.89. The second kappa shape index (κ2) is 14.3. The molecule has 0 aliphatic heterocycles. The van der Waals surface area contributed by atoms with Crippen LogP contribution in [0.15, 0.2) is 59.2 Å². The van der Waals surface area contributed by atoms with Gasteiger partial charge in [-0.15, -0.1) is 6.92 Å². The molecule has 0 heterocycles. The molecular weight excluding hydrogens is 488 g/mol. The zero-order valence-corrected chi connectivity index (χ0v) is 28.1. The van der Waals surface area contributed by atoms with Crippen molar-refractivity contribution in [1.29, 1.82) is 0 Å². The summed E-state index contributed by atoms with van der Waals surface area (Å²) in [5.74, 6) is 0. The molecule has 1 aromatic carbocycles. The Balaban J connectivity index is 0. The minimum atomic E-state index is -1.35. The molecule has 35 heavy (non-hydrogen) atoms. The van der Waals surface area contributed by atoms with E-state index in [1.54, 1.807) is 10.8 Å². The second-order valence-corrected chi connectivity index (χ2v) is 17.8. The molecule has 0 saturated heterocycles. The quantitative estimate of drug-likeness (QED) is 0.230. The molecule has 2 radical (unpaired) electrons. The Labute approximate surface area is 238 Å². The summed E-state index contributed by atoms with van der Waals surface area (Å²) >= 11 is 0. The molecular formula is C32H50Si2Ti. The Kier molecular flexibility index (Phi) is 14.9. The van der Waals surface area contributed by atoms with Crippen molar-refractivity contribution in [3.05, 3.63) is 93.1 Å². The molecule has 2 unspecified atom stereocenters. The summed E-state index contributed by atoms with van der Waals surface area (Å²) in [6.07, 6.45) is 19.7. The van der Waals surface area contributed by atoms with Crippen molar-refractivity contribution in [2.75, 3.05) is 0 Å². The van der Waals surface area contributed by atoms with Crippen LogP contribution in [0, 0.1) is 40.7 Å². The summed E-state index contributed by atoms with van der Waals surface area (Å²) in [4.78, 5) is 0. The zero-order valence-electron chi connectivity index (χ0n) is 24.6. The predicted octanol–water partition coefficient (Wildman–Crippen LogP) is 8.56. The number of unbranched alkanes of at least 4 members (excludes halogenated alkanes) is 1. The van der Waals surface area contributed by atoms with E-state index < -0.39 is 8.07 Å². The van der Waals surface area contributed by atoms with Gasteiger partial charge in [0.25, 0.3) is 0 Å². The van der Waals surface area contributed by atoms with Gasteiger partial charge in [0.1, 0.15) is 0 Å². The van der Waals surface area contributed by atoms with Gasteiger partial charge in [-0.25, -0.2) is 5.57 Å². The van der Waals surface area contributed by atoms with E-state index in [9.17, 15) is 0 Å². The maximum atomic E-state index is 4.05. The molecule has 0 bridgehead atoms. The molecule has 0 aromatic heterocycles.